The van der Waals surface area contributed by atoms with Gasteiger partial charge in [-0.2, -0.15) is 0 Å². The second-order valence-electron chi connectivity index (χ2n) is 7.33. The normalized spacial score (nSPS) is 25.3. The van der Waals surface area contributed by atoms with Crippen molar-refractivity contribution in [3.63, 3.8) is 0 Å². The maximum absolute atomic E-state index is 4.74. The summed E-state index contributed by atoms with van der Waals surface area (Å²) in [6, 6.07) is 11.2. The third-order valence-corrected chi connectivity index (χ3v) is 5.74. The molecule has 6 nitrogen and oxygen atoms in total. The van der Waals surface area contributed by atoms with E-state index in [1.807, 2.05) is 30.6 Å². The first-order valence-electron chi connectivity index (χ1n) is 9.51. The quantitative estimate of drug-likeness (QED) is 0.582. The Balaban J connectivity index is 1.46. The first kappa shape index (κ1) is 15.8. The van der Waals surface area contributed by atoms with Crippen molar-refractivity contribution in [1.82, 2.24) is 25.8 Å². The molecule has 1 saturated heterocycles. The van der Waals surface area contributed by atoms with Crippen LogP contribution in [0.15, 0.2) is 42.7 Å². The number of hydrogen-bond donors (Lipinski definition) is 4. The lowest BCUT2D eigenvalue weighted by molar-refractivity contribution is 0.308. The Labute approximate surface area is 152 Å². The number of fused-ring (bicyclic) bond motifs is 2. The van der Waals surface area contributed by atoms with E-state index < -0.39 is 0 Å². The van der Waals surface area contributed by atoms with E-state index in [-0.39, 0.29) is 0 Å². The number of nitrogens with zero attached hydrogens (tertiary/aromatic N) is 2. The van der Waals surface area contributed by atoms with Crippen LogP contribution in [0.2, 0.25) is 0 Å². The molecule has 1 aliphatic carbocycles. The van der Waals surface area contributed by atoms with E-state index in [0.29, 0.717) is 24.5 Å². The van der Waals surface area contributed by atoms with E-state index in [4.69, 9.17) is 4.98 Å². The highest BCUT2D eigenvalue weighted by molar-refractivity contribution is 5.82. The van der Waals surface area contributed by atoms with Gasteiger partial charge in [-0.3, -0.25) is 10.4 Å². The summed E-state index contributed by atoms with van der Waals surface area (Å²) in [7, 11) is 0. The maximum atomic E-state index is 4.74. The fourth-order valence-corrected chi connectivity index (χ4v) is 4.45. The van der Waals surface area contributed by atoms with Crippen LogP contribution in [0.1, 0.15) is 43.0 Å². The van der Waals surface area contributed by atoms with Crippen LogP contribution in [0, 0.1) is 5.92 Å². The SMILES string of the molecule is c1ccc(CNc2cc(C3NNC4CCCCC43)c3cc[nH]c3n2)nc1. The average Bonchev–Trinajstić information content (AvgIpc) is 3.33. The van der Waals surface area contributed by atoms with Crippen molar-refractivity contribution in [2.24, 2.45) is 5.92 Å². The van der Waals surface area contributed by atoms with E-state index in [0.717, 1.165) is 17.2 Å². The fourth-order valence-electron chi connectivity index (χ4n) is 4.45. The molecular weight excluding hydrogens is 324 g/mol. The van der Waals surface area contributed by atoms with Gasteiger partial charge in [-0.15, -0.1) is 0 Å². The van der Waals surface area contributed by atoms with Gasteiger partial charge in [0.15, 0.2) is 0 Å². The molecule has 1 aliphatic heterocycles. The van der Waals surface area contributed by atoms with Crippen molar-refractivity contribution in [2.45, 2.75) is 44.3 Å². The minimum absolute atomic E-state index is 0.331. The third-order valence-electron chi connectivity index (χ3n) is 5.74. The smallest absolute Gasteiger partial charge is 0.140 e. The number of anilines is 1. The topological polar surface area (TPSA) is 77.7 Å². The van der Waals surface area contributed by atoms with E-state index in [2.05, 4.69) is 38.3 Å². The van der Waals surface area contributed by atoms with Gasteiger partial charge in [-0.25, -0.2) is 10.4 Å². The molecular formula is C20H24N6. The van der Waals surface area contributed by atoms with Crippen LogP contribution >= 0.6 is 0 Å². The Morgan fingerprint density at radius 2 is 2.08 bits per heavy atom. The number of pyridine rings is 2. The molecule has 0 bridgehead atoms. The molecule has 26 heavy (non-hydrogen) atoms. The minimum Gasteiger partial charge on any atom is -0.364 e. The van der Waals surface area contributed by atoms with Crippen LogP contribution in [-0.4, -0.2) is 21.0 Å². The second-order valence-corrected chi connectivity index (χ2v) is 7.33. The molecule has 3 aromatic rings. The van der Waals surface area contributed by atoms with Crippen LogP contribution in [0.5, 0.6) is 0 Å². The zero-order chi connectivity index (χ0) is 17.3. The van der Waals surface area contributed by atoms with Gasteiger partial charge in [0.2, 0.25) is 0 Å². The van der Waals surface area contributed by atoms with E-state index >= 15 is 0 Å². The molecule has 4 N–H and O–H groups in total. The van der Waals surface area contributed by atoms with Crippen molar-refractivity contribution in [3.8, 4) is 0 Å². The first-order valence-corrected chi connectivity index (χ1v) is 9.51. The van der Waals surface area contributed by atoms with Crippen LogP contribution in [0.25, 0.3) is 11.0 Å². The van der Waals surface area contributed by atoms with Gasteiger partial charge in [0.05, 0.1) is 18.3 Å². The Morgan fingerprint density at radius 3 is 3.00 bits per heavy atom. The minimum atomic E-state index is 0.331. The zero-order valence-electron chi connectivity index (χ0n) is 14.7. The summed E-state index contributed by atoms with van der Waals surface area (Å²) in [4.78, 5) is 12.4. The van der Waals surface area contributed by atoms with Gasteiger partial charge in [-0.05, 0) is 48.6 Å². The summed E-state index contributed by atoms with van der Waals surface area (Å²) in [5.74, 6) is 1.54. The van der Waals surface area contributed by atoms with Crippen molar-refractivity contribution in [2.75, 3.05) is 5.32 Å². The van der Waals surface area contributed by atoms with Crippen LogP contribution in [0.3, 0.4) is 0 Å². The molecule has 1 saturated carbocycles. The summed E-state index contributed by atoms with van der Waals surface area (Å²) in [5.41, 5.74) is 10.4. The molecule has 3 atom stereocenters. The number of H-pyrrole nitrogens is 1. The predicted molar refractivity (Wildman–Crippen MR) is 102 cm³/mol. The fraction of sp³-hybridized carbons (Fsp3) is 0.400. The second kappa shape index (κ2) is 6.70. The van der Waals surface area contributed by atoms with E-state index in [9.17, 15) is 0 Å². The monoisotopic (exact) mass is 348 g/mol. The van der Waals surface area contributed by atoms with Crippen molar-refractivity contribution < 1.29 is 0 Å². The summed E-state index contributed by atoms with van der Waals surface area (Å²) in [6.07, 6.45) is 8.99. The Morgan fingerprint density at radius 1 is 1.12 bits per heavy atom. The molecule has 0 aromatic carbocycles. The highest BCUT2D eigenvalue weighted by Crippen LogP contribution is 2.40. The van der Waals surface area contributed by atoms with Crippen molar-refractivity contribution in [1.29, 1.82) is 0 Å². The van der Waals surface area contributed by atoms with Gasteiger partial charge in [0.25, 0.3) is 0 Å². The lowest BCUT2D eigenvalue weighted by atomic mass is 9.79. The summed E-state index contributed by atoms with van der Waals surface area (Å²) in [6.45, 7) is 0.669. The molecule has 6 heteroatoms. The Hall–Kier alpha value is -2.44. The highest BCUT2D eigenvalue weighted by atomic mass is 15.4. The van der Waals surface area contributed by atoms with Crippen LogP contribution < -0.4 is 16.2 Å². The van der Waals surface area contributed by atoms with Crippen molar-refractivity contribution in [3.05, 3.63) is 54.0 Å². The molecule has 134 valence electrons. The molecule has 3 aromatic heterocycles. The van der Waals surface area contributed by atoms with Gasteiger partial charge in [0, 0.05) is 23.8 Å². The summed E-state index contributed by atoms with van der Waals surface area (Å²) in [5, 5.41) is 4.64. The summed E-state index contributed by atoms with van der Waals surface area (Å²) >= 11 is 0. The Bertz CT molecular complexity index is 890. The number of hydrogen-bond acceptors (Lipinski definition) is 5. The van der Waals surface area contributed by atoms with Crippen LogP contribution in [0.4, 0.5) is 5.82 Å². The van der Waals surface area contributed by atoms with Gasteiger partial charge >= 0.3 is 0 Å². The molecule has 3 unspecified atom stereocenters. The van der Waals surface area contributed by atoms with Gasteiger partial charge in [0.1, 0.15) is 11.5 Å². The maximum Gasteiger partial charge on any atom is 0.140 e. The molecule has 2 fully saturated rings. The third kappa shape index (κ3) is 2.85. The molecule has 5 rings (SSSR count). The number of hydrazine groups is 1. The standard InChI is InChI=1S/C20H24N6/c1-2-7-17-15(6-1)19(26-25-17)16-11-18(24-20-14(16)8-10-22-20)23-12-13-5-3-4-9-21-13/h3-5,8-11,15,17,19,25-26H,1-2,6-7,12H2,(H2,22,23,24). The largest absolute Gasteiger partial charge is 0.364 e. The number of nitrogens with one attached hydrogen (secondary N) is 4. The molecule has 2 aliphatic rings. The van der Waals surface area contributed by atoms with Crippen LogP contribution in [-0.2, 0) is 6.54 Å². The highest BCUT2D eigenvalue weighted by Gasteiger charge is 2.38. The number of aromatic nitrogens is 3. The summed E-state index contributed by atoms with van der Waals surface area (Å²) < 4.78 is 0. The molecule has 0 amide bonds. The van der Waals surface area contributed by atoms with Crippen molar-refractivity contribution >= 4 is 16.9 Å². The van der Waals surface area contributed by atoms with E-state index in [1.54, 1.807) is 0 Å². The van der Waals surface area contributed by atoms with E-state index in [1.165, 1.54) is 36.6 Å². The number of rotatable bonds is 4. The predicted octanol–water partition coefficient (Wildman–Crippen LogP) is 3.28. The van der Waals surface area contributed by atoms with Gasteiger partial charge in [-0.1, -0.05) is 18.9 Å². The average molecular weight is 348 g/mol. The molecule has 0 radical (unpaired) electrons. The lowest BCUT2D eigenvalue weighted by Gasteiger charge is -2.27. The zero-order valence-corrected chi connectivity index (χ0v) is 14.7. The first-order chi connectivity index (χ1) is 12.9. The Kier molecular flexibility index (Phi) is 4.07. The number of aromatic amines is 1. The molecule has 4 heterocycles. The van der Waals surface area contributed by atoms with Gasteiger partial charge < -0.3 is 10.3 Å². The lowest BCUT2D eigenvalue weighted by Crippen LogP contribution is -2.33. The molecule has 0 spiro atoms.